The molecule has 1 aliphatic rings. The Bertz CT molecular complexity index is 640. The highest BCUT2D eigenvalue weighted by Crippen LogP contribution is 2.34. The third kappa shape index (κ3) is 2.59. The van der Waals surface area contributed by atoms with Crippen molar-refractivity contribution in [3.63, 3.8) is 0 Å². The summed E-state index contributed by atoms with van der Waals surface area (Å²) >= 11 is 6.16. The van der Waals surface area contributed by atoms with Gasteiger partial charge in [-0.3, -0.25) is 9.78 Å². The standard InChI is InChI=1S/C16H16ClN3O/c17-12-5-1-6-13(18)15(12)16(21)20-9-3-7-14(20)11-4-2-8-19-10-11/h1-2,4-6,8,10,14H,3,7,9,18H2. The summed E-state index contributed by atoms with van der Waals surface area (Å²) in [6, 6.07) is 9.08. The molecule has 0 radical (unpaired) electrons. The number of nitrogen functional groups attached to an aromatic ring is 1. The highest BCUT2D eigenvalue weighted by molar-refractivity contribution is 6.34. The molecule has 1 fully saturated rings. The monoisotopic (exact) mass is 301 g/mol. The number of likely N-dealkylation sites (tertiary alicyclic amines) is 1. The molecule has 1 aromatic heterocycles. The van der Waals surface area contributed by atoms with Gasteiger partial charge in [0.1, 0.15) is 0 Å². The number of pyridine rings is 1. The van der Waals surface area contributed by atoms with Gasteiger partial charge in [0.2, 0.25) is 0 Å². The van der Waals surface area contributed by atoms with Crippen LogP contribution in [0, 0.1) is 0 Å². The van der Waals surface area contributed by atoms with Crippen LogP contribution in [0.15, 0.2) is 42.7 Å². The number of anilines is 1. The molecule has 21 heavy (non-hydrogen) atoms. The fourth-order valence-electron chi connectivity index (χ4n) is 2.84. The van der Waals surface area contributed by atoms with E-state index in [4.69, 9.17) is 17.3 Å². The van der Waals surface area contributed by atoms with E-state index < -0.39 is 0 Å². The molecule has 108 valence electrons. The van der Waals surface area contributed by atoms with Crippen molar-refractivity contribution in [1.29, 1.82) is 0 Å². The zero-order valence-electron chi connectivity index (χ0n) is 11.5. The number of nitrogens with two attached hydrogens (primary N) is 1. The molecule has 4 nitrogen and oxygen atoms in total. The first-order chi connectivity index (χ1) is 10.2. The third-order valence-corrected chi connectivity index (χ3v) is 4.16. The van der Waals surface area contributed by atoms with Crippen LogP contribution in [0.1, 0.15) is 34.8 Å². The van der Waals surface area contributed by atoms with E-state index in [1.165, 1.54) is 0 Å². The van der Waals surface area contributed by atoms with Crippen molar-refractivity contribution < 1.29 is 4.79 Å². The number of amides is 1. The number of nitrogens with zero attached hydrogens (tertiary/aromatic N) is 2. The highest BCUT2D eigenvalue weighted by Gasteiger charge is 2.32. The van der Waals surface area contributed by atoms with Crippen molar-refractivity contribution in [2.75, 3.05) is 12.3 Å². The van der Waals surface area contributed by atoms with Gasteiger partial charge in [0, 0.05) is 24.6 Å². The van der Waals surface area contributed by atoms with Crippen molar-refractivity contribution in [3.05, 3.63) is 58.9 Å². The van der Waals surface area contributed by atoms with E-state index in [0.717, 1.165) is 18.4 Å². The second kappa shape index (κ2) is 5.74. The average molecular weight is 302 g/mol. The normalized spacial score (nSPS) is 18.0. The van der Waals surface area contributed by atoms with Crippen LogP contribution in [0.2, 0.25) is 5.02 Å². The summed E-state index contributed by atoms with van der Waals surface area (Å²) in [7, 11) is 0. The van der Waals surface area contributed by atoms with Gasteiger partial charge in [-0.2, -0.15) is 0 Å². The first-order valence-corrected chi connectivity index (χ1v) is 7.31. The molecule has 5 heteroatoms. The highest BCUT2D eigenvalue weighted by atomic mass is 35.5. The zero-order valence-corrected chi connectivity index (χ0v) is 12.3. The molecule has 0 spiro atoms. The second-order valence-electron chi connectivity index (χ2n) is 5.15. The van der Waals surface area contributed by atoms with E-state index in [-0.39, 0.29) is 11.9 Å². The molecule has 1 aromatic carbocycles. The number of hydrogen-bond donors (Lipinski definition) is 1. The molecule has 1 atom stereocenters. The molecule has 0 aliphatic carbocycles. The first kappa shape index (κ1) is 13.9. The van der Waals surface area contributed by atoms with E-state index in [2.05, 4.69) is 4.98 Å². The summed E-state index contributed by atoms with van der Waals surface area (Å²) in [5, 5.41) is 0.400. The van der Waals surface area contributed by atoms with Crippen molar-refractivity contribution >= 4 is 23.2 Å². The van der Waals surface area contributed by atoms with Crippen LogP contribution in [-0.4, -0.2) is 22.3 Å². The van der Waals surface area contributed by atoms with Gasteiger partial charge in [-0.25, -0.2) is 0 Å². The minimum absolute atomic E-state index is 0.0434. The number of carbonyl (C=O) groups is 1. The molecule has 2 N–H and O–H groups in total. The third-order valence-electron chi connectivity index (χ3n) is 3.84. The van der Waals surface area contributed by atoms with Crippen molar-refractivity contribution in [3.8, 4) is 0 Å². The number of rotatable bonds is 2. The lowest BCUT2D eigenvalue weighted by Crippen LogP contribution is -2.31. The number of benzene rings is 1. The molecule has 0 saturated carbocycles. The minimum Gasteiger partial charge on any atom is -0.398 e. The molecular formula is C16H16ClN3O. The van der Waals surface area contributed by atoms with Crippen LogP contribution in [0.25, 0.3) is 0 Å². The van der Waals surface area contributed by atoms with Gasteiger partial charge in [-0.1, -0.05) is 23.7 Å². The maximum absolute atomic E-state index is 12.8. The Hall–Kier alpha value is -2.07. The molecule has 1 amide bonds. The number of halogens is 1. The Morgan fingerprint density at radius 1 is 1.33 bits per heavy atom. The fraction of sp³-hybridized carbons (Fsp3) is 0.250. The van der Waals surface area contributed by atoms with Gasteiger partial charge in [0.25, 0.3) is 5.91 Å². The van der Waals surface area contributed by atoms with Crippen LogP contribution in [-0.2, 0) is 0 Å². The molecule has 3 rings (SSSR count). The van der Waals surface area contributed by atoms with Crippen LogP contribution in [0.3, 0.4) is 0 Å². The second-order valence-corrected chi connectivity index (χ2v) is 5.55. The van der Waals surface area contributed by atoms with Crippen molar-refractivity contribution in [2.45, 2.75) is 18.9 Å². The van der Waals surface area contributed by atoms with Gasteiger partial charge < -0.3 is 10.6 Å². The van der Waals surface area contributed by atoms with Crippen LogP contribution < -0.4 is 5.73 Å². The number of hydrogen-bond acceptors (Lipinski definition) is 3. The largest absolute Gasteiger partial charge is 0.398 e. The topological polar surface area (TPSA) is 59.2 Å². The molecular weight excluding hydrogens is 286 g/mol. The summed E-state index contributed by atoms with van der Waals surface area (Å²) < 4.78 is 0. The lowest BCUT2D eigenvalue weighted by molar-refractivity contribution is 0.0736. The Morgan fingerprint density at radius 2 is 2.19 bits per heavy atom. The number of aromatic nitrogens is 1. The summed E-state index contributed by atoms with van der Waals surface area (Å²) in [6.07, 6.45) is 5.44. The predicted molar refractivity (Wildman–Crippen MR) is 83.1 cm³/mol. The van der Waals surface area contributed by atoms with Crippen LogP contribution >= 0.6 is 11.6 Å². The zero-order chi connectivity index (χ0) is 14.8. The van der Waals surface area contributed by atoms with E-state index in [1.54, 1.807) is 24.4 Å². The Labute approximate surface area is 128 Å². The molecule has 1 saturated heterocycles. The molecule has 1 unspecified atom stereocenters. The van der Waals surface area contributed by atoms with Crippen LogP contribution in [0.5, 0.6) is 0 Å². The summed E-state index contributed by atoms with van der Waals surface area (Å²) in [4.78, 5) is 18.8. The van der Waals surface area contributed by atoms with Gasteiger partial charge in [-0.15, -0.1) is 0 Å². The van der Waals surface area contributed by atoms with Crippen LogP contribution in [0.4, 0.5) is 5.69 Å². The van der Waals surface area contributed by atoms with Crippen molar-refractivity contribution in [2.24, 2.45) is 0 Å². The maximum atomic E-state index is 12.8. The van der Waals surface area contributed by atoms with Gasteiger partial charge in [0.05, 0.1) is 16.6 Å². The van der Waals surface area contributed by atoms with E-state index in [1.807, 2.05) is 23.2 Å². The molecule has 2 heterocycles. The van der Waals surface area contributed by atoms with Gasteiger partial charge in [-0.05, 0) is 36.6 Å². The minimum atomic E-state index is -0.107. The molecule has 1 aliphatic heterocycles. The first-order valence-electron chi connectivity index (χ1n) is 6.93. The smallest absolute Gasteiger partial charge is 0.257 e. The lowest BCUT2D eigenvalue weighted by Gasteiger charge is -2.25. The summed E-state index contributed by atoms with van der Waals surface area (Å²) in [5.41, 5.74) is 7.80. The Kier molecular flexibility index (Phi) is 3.80. The molecule has 2 aromatic rings. The average Bonchev–Trinajstić information content (AvgIpc) is 2.97. The summed E-state index contributed by atoms with van der Waals surface area (Å²) in [6.45, 7) is 0.711. The van der Waals surface area contributed by atoms with Gasteiger partial charge >= 0.3 is 0 Å². The Balaban J connectivity index is 1.94. The molecule has 0 bridgehead atoms. The Morgan fingerprint density at radius 3 is 2.90 bits per heavy atom. The quantitative estimate of drug-likeness (QED) is 0.866. The summed E-state index contributed by atoms with van der Waals surface area (Å²) in [5.74, 6) is -0.107. The van der Waals surface area contributed by atoms with E-state index in [9.17, 15) is 4.79 Å². The van der Waals surface area contributed by atoms with Gasteiger partial charge in [0.15, 0.2) is 0 Å². The maximum Gasteiger partial charge on any atom is 0.257 e. The fourth-order valence-corrected chi connectivity index (χ4v) is 3.10. The lowest BCUT2D eigenvalue weighted by atomic mass is 10.1. The predicted octanol–water partition coefficient (Wildman–Crippen LogP) is 3.29. The SMILES string of the molecule is Nc1cccc(Cl)c1C(=O)N1CCCC1c1cccnc1. The van der Waals surface area contributed by atoms with E-state index in [0.29, 0.717) is 22.8 Å². The van der Waals surface area contributed by atoms with Crippen molar-refractivity contribution in [1.82, 2.24) is 9.88 Å². The van der Waals surface area contributed by atoms with E-state index >= 15 is 0 Å². The number of carbonyl (C=O) groups excluding carboxylic acids is 1.